The fourth-order valence-corrected chi connectivity index (χ4v) is 1.75. The molecule has 0 spiro atoms. The number of rotatable bonds is 14. The molecule has 1 N–H and O–H groups in total. The number of carboxylic acids is 1. The van der Waals surface area contributed by atoms with Crippen molar-refractivity contribution in [2.75, 3.05) is 6.61 Å². The van der Waals surface area contributed by atoms with Gasteiger partial charge >= 0.3 is 5.97 Å². The minimum Gasteiger partial charge on any atom is -0.479 e. The molecular formula is C21H32O3. The van der Waals surface area contributed by atoms with Crippen molar-refractivity contribution in [1.82, 2.24) is 0 Å². The summed E-state index contributed by atoms with van der Waals surface area (Å²) < 4.78 is 5.14. The zero-order chi connectivity index (χ0) is 17.9. The molecule has 0 fully saturated rings. The Labute approximate surface area is 147 Å². The van der Waals surface area contributed by atoms with Crippen LogP contribution in [0.25, 0.3) is 0 Å². The first-order valence-corrected chi connectivity index (χ1v) is 8.77. The summed E-state index contributed by atoms with van der Waals surface area (Å²) in [6.45, 7) is 4.13. The summed E-state index contributed by atoms with van der Waals surface area (Å²) in [4.78, 5) is 10.5. The number of hydrogen-bond acceptors (Lipinski definition) is 2. The molecule has 0 amide bonds. The molecule has 0 aromatic rings. The standard InChI is InChI=1S/C21H32O3/c1-3-4-5-6-7-8-9-10-11-12-13-14-15-16-17-18-19-24-20(2)21(22)23/h4-5,7-8,10-11,13-14,16-17,20H,3,6,9,12,15,18-19H2,1-2H3,(H,22,23)/b5-4-,8-7-,11-10-,14-13-,17-16-. The molecular weight excluding hydrogens is 300 g/mol. The number of aliphatic carboxylic acids is 1. The molecule has 134 valence electrons. The lowest BCUT2D eigenvalue weighted by Gasteiger charge is -2.05. The second kappa shape index (κ2) is 17.5. The Balaban J connectivity index is 3.51. The van der Waals surface area contributed by atoms with E-state index in [1.165, 1.54) is 0 Å². The van der Waals surface area contributed by atoms with Crippen LogP contribution < -0.4 is 0 Å². The average Bonchev–Trinajstić information content (AvgIpc) is 2.57. The summed E-state index contributed by atoms with van der Waals surface area (Å²) in [5.74, 6) is -0.918. The van der Waals surface area contributed by atoms with E-state index in [0.29, 0.717) is 6.61 Å². The second-order valence-corrected chi connectivity index (χ2v) is 5.35. The van der Waals surface area contributed by atoms with Gasteiger partial charge in [0.2, 0.25) is 0 Å². The van der Waals surface area contributed by atoms with Gasteiger partial charge in [-0.3, -0.25) is 0 Å². The SMILES string of the molecule is CC/C=C\C/C=C\C/C=C\C/C=C\C/C=C\CCOC(C)C(=O)O. The van der Waals surface area contributed by atoms with Gasteiger partial charge in [0.1, 0.15) is 0 Å². The molecule has 3 heteroatoms. The fourth-order valence-electron chi connectivity index (χ4n) is 1.75. The summed E-state index contributed by atoms with van der Waals surface area (Å²) in [6.07, 6.45) is 26.5. The smallest absolute Gasteiger partial charge is 0.332 e. The van der Waals surface area contributed by atoms with Crippen LogP contribution in [0.5, 0.6) is 0 Å². The van der Waals surface area contributed by atoms with Crippen molar-refractivity contribution in [2.24, 2.45) is 0 Å². The third kappa shape index (κ3) is 16.5. The van der Waals surface area contributed by atoms with Crippen LogP contribution in [0.3, 0.4) is 0 Å². The summed E-state index contributed by atoms with van der Waals surface area (Å²) >= 11 is 0. The largest absolute Gasteiger partial charge is 0.479 e. The number of hydrogen-bond donors (Lipinski definition) is 1. The molecule has 0 aliphatic heterocycles. The Hall–Kier alpha value is -1.87. The third-order valence-corrected chi connectivity index (χ3v) is 3.16. The molecule has 0 heterocycles. The van der Waals surface area contributed by atoms with Crippen molar-refractivity contribution in [3.8, 4) is 0 Å². The van der Waals surface area contributed by atoms with E-state index in [9.17, 15) is 4.79 Å². The Morgan fingerprint density at radius 3 is 1.67 bits per heavy atom. The molecule has 0 saturated heterocycles. The first-order valence-electron chi connectivity index (χ1n) is 8.77. The van der Waals surface area contributed by atoms with E-state index in [-0.39, 0.29) is 0 Å². The minimum absolute atomic E-state index is 0.443. The van der Waals surface area contributed by atoms with E-state index in [1.54, 1.807) is 6.92 Å². The number of carboxylic acid groups (broad SMARTS) is 1. The van der Waals surface area contributed by atoms with Crippen LogP contribution in [0.1, 0.15) is 52.4 Å². The first-order chi connectivity index (χ1) is 11.7. The van der Waals surface area contributed by atoms with Crippen LogP contribution in [0, 0.1) is 0 Å². The minimum atomic E-state index is -0.918. The number of carbonyl (C=O) groups is 1. The third-order valence-electron chi connectivity index (χ3n) is 3.16. The maximum atomic E-state index is 10.5. The van der Waals surface area contributed by atoms with Gasteiger partial charge in [-0.25, -0.2) is 4.79 Å². The topological polar surface area (TPSA) is 46.5 Å². The lowest BCUT2D eigenvalue weighted by Crippen LogP contribution is -2.20. The van der Waals surface area contributed by atoms with Gasteiger partial charge in [0.25, 0.3) is 0 Å². The predicted octanol–water partition coefficient (Wildman–Crippen LogP) is 5.62. The molecule has 0 rings (SSSR count). The molecule has 0 bridgehead atoms. The van der Waals surface area contributed by atoms with E-state index in [4.69, 9.17) is 9.84 Å². The maximum absolute atomic E-state index is 10.5. The maximum Gasteiger partial charge on any atom is 0.332 e. The van der Waals surface area contributed by atoms with Crippen molar-refractivity contribution in [3.63, 3.8) is 0 Å². The lowest BCUT2D eigenvalue weighted by atomic mass is 10.2. The lowest BCUT2D eigenvalue weighted by molar-refractivity contribution is -0.149. The molecule has 1 atom stereocenters. The summed E-state index contributed by atoms with van der Waals surface area (Å²) in [7, 11) is 0. The molecule has 0 aliphatic carbocycles. The normalized spacial score (nSPS) is 14.1. The van der Waals surface area contributed by atoms with Gasteiger partial charge in [0.05, 0.1) is 6.61 Å². The number of allylic oxidation sites excluding steroid dienone is 9. The van der Waals surface area contributed by atoms with Gasteiger partial charge in [-0.2, -0.15) is 0 Å². The average molecular weight is 332 g/mol. The highest BCUT2D eigenvalue weighted by Crippen LogP contribution is 1.97. The van der Waals surface area contributed by atoms with Crippen molar-refractivity contribution >= 4 is 5.97 Å². The quantitative estimate of drug-likeness (QED) is 0.332. The van der Waals surface area contributed by atoms with E-state index in [2.05, 4.69) is 61.6 Å². The molecule has 0 aromatic carbocycles. The summed E-state index contributed by atoms with van der Waals surface area (Å²) in [6, 6.07) is 0. The first kappa shape index (κ1) is 22.1. The molecule has 3 nitrogen and oxygen atoms in total. The van der Waals surface area contributed by atoms with Crippen LogP contribution in [-0.2, 0) is 9.53 Å². The van der Waals surface area contributed by atoms with Gasteiger partial charge in [0, 0.05) is 0 Å². The summed E-state index contributed by atoms with van der Waals surface area (Å²) in [5.41, 5.74) is 0. The van der Waals surface area contributed by atoms with Crippen LogP contribution in [0.2, 0.25) is 0 Å². The van der Waals surface area contributed by atoms with Crippen LogP contribution in [0.4, 0.5) is 0 Å². The van der Waals surface area contributed by atoms with E-state index < -0.39 is 12.1 Å². The van der Waals surface area contributed by atoms with Crippen molar-refractivity contribution in [1.29, 1.82) is 0 Å². The molecule has 24 heavy (non-hydrogen) atoms. The zero-order valence-electron chi connectivity index (χ0n) is 15.1. The van der Waals surface area contributed by atoms with E-state index in [0.717, 1.165) is 38.5 Å². The van der Waals surface area contributed by atoms with Gasteiger partial charge in [-0.15, -0.1) is 0 Å². The summed E-state index contributed by atoms with van der Waals surface area (Å²) in [5, 5.41) is 8.65. The molecule has 1 unspecified atom stereocenters. The fraction of sp³-hybridized carbons (Fsp3) is 0.476. The molecule has 0 radical (unpaired) electrons. The van der Waals surface area contributed by atoms with Crippen molar-refractivity contribution < 1.29 is 14.6 Å². The number of ether oxygens (including phenoxy) is 1. The molecule has 0 saturated carbocycles. The van der Waals surface area contributed by atoms with Crippen molar-refractivity contribution in [3.05, 3.63) is 60.8 Å². The van der Waals surface area contributed by atoms with Crippen LogP contribution >= 0.6 is 0 Å². The Morgan fingerprint density at radius 2 is 1.25 bits per heavy atom. The Morgan fingerprint density at radius 1 is 0.833 bits per heavy atom. The second-order valence-electron chi connectivity index (χ2n) is 5.35. The highest BCUT2D eigenvalue weighted by atomic mass is 16.5. The monoisotopic (exact) mass is 332 g/mol. The zero-order valence-corrected chi connectivity index (χ0v) is 15.1. The van der Waals surface area contributed by atoms with Gasteiger partial charge < -0.3 is 9.84 Å². The Kier molecular flexibility index (Phi) is 16.1. The van der Waals surface area contributed by atoms with E-state index >= 15 is 0 Å². The van der Waals surface area contributed by atoms with Crippen LogP contribution in [-0.4, -0.2) is 23.8 Å². The van der Waals surface area contributed by atoms with Gasteiger partial charge in [0.15, 0.2) is 6.10 Å². The van der Waals surface area contributed by atoms with Crippen LogP contribution in [0.15, 0.2) is 60.8 Å². The Bertz CT molecular complexity index is 442. The molecule has 0 aromatic heterocycles. The van der Waals surface area contributed by atoms with Crippen molar-refractivity contribution in [2.45, 2.75) is 58.5 Å². The molecule has 0 aliphatic rings. The van der Waals surface area contributed by atoms with E-state index in [1.807, 2.05) is 6.08 Å². The van der Waals surface area contributed by atoms with Gasteiger partial charge in [-0.1, -0.05) is 67.7 Å². The highest BCUT2D eigenvalue weighted by molar-refractivity contribution is 5.71. The predicted molar refractivity (Wildman–Crippen MR) is 102 cm³/mol. The highest BCUT2D eigenvalue weighted by Gasteiger charge is 2.09. The van der Waals surface area contributed by atoms with Gasteiger partial charge in [-0.05, 0) is 45.4 Å².